The Morgan fingerprint density at radius 2 is 1.86 bits per heavy atom. The molecule has 2 aromatic carbocycles. The fourth-order valence-electron chi connectivity index (χ4n) is 3.78. The highest BCUT2D eigenvalue weighted by molar-refractivity contribution is 6.05. The maximum absolute atomic E-state index is 14.2. The smallest absolute Gasteiger partial charge is 0.133 e. The molecule has 1 N–H and O–H groups in total. The largest absolute Gasteiger partial charge is 0.545 e. The molecule has 0 amide bonds. The van der Waals surface area contributed by atoms with Crippen molar-refractivity contribution in [3.8, 4) is 0 Å². The van der Waals surface area contributed by atoms with Crippen molar-refractivity contribution >= 4 is 28.5 Å². The van der Waals surface area contributed by atoms with Crippen LogP contribution in [0, 0.1) is 11.6 Å². The molecule has 6 heteroatoms. The Bertz CT molecular complexity index is 1100. The number of aromatic carboxylic acids is 1. The van der Waals surface area contributed by atoms with Crippen molar-refractivity contribution in [1.82, 2.24) is 4.98 Å². The first-order valence-electron chi connectivity index (χ1n) is 9.11. The molecule has 0 saturated heterocycles. The molecule has 1 unspecified atom stereocenters. The third kappa shape index (κ3) is 3.05. The van der Waals surface area contributed by atoms with E-state index in [0.29, 0.717) is 40.8 Å². The summed E-state index contributed by atoms with van der Waals surface area (Å²) in [6.07, 6.45) is 1.44. The number of hydrogen-bond acceptors (Lipinski definition) is 3. The number of aromatic nitrogens is 1. The lowest BCUT2D eigenvalue weighted by atomic mass is 9.92. The Labute approximate surface area is 160 Å². The van der Waals surface area contributed by atoms with Crippen LogP contribution < -0.4 is 10.0 Å². The van der Waals surface area contributed by atoms with Crippen molar-refractivity contribution in [1.29, 1.82) is 0 Å². The van der Waals surface area contributed by atoms with E-state index in [0.717, 1.165) is 11.4 Å². The van der Waals surface area contributed by atoms with Crippen LogP contribution in [0.1, 0.15) is 34.1 Å². The number of pyridine rings is 1. The molecule has 1 aliphatic heterocycles. The number of rotatable bonds is 3. The number of carbonyl (C=O) groups is 1. The molecule has 0 spiro atoms. The van der Waals surface area contributed by atoms with Crippen LogP contribution in [-0.2, 0) is 6.54 Å². The van der Waals surface area contributed by atoms with E-state index in [1.165, 1.54) is 24.3 Å². The highest BCUT2D eigenvalue weighted by Crippen LogP contribution is 2.30. The number of halogens is 2. The van der Waals surface area contributed by atoms with Crippen LogP contribution >= 0.6 is 0 Å². The topological polar surface area (TPSA) is 57.5 Å². The summed E-state index contributed by atoms with van der Waals surface area (Å²) in [6, 6.07) is 10.7. The van der Waals surface area contributed by atoms with Crippen LogP contribution in [-0.4, -0.2) is 24.0 Å². The summed E-state index contributed by atoms with van der Waals surface area (Å²) < 4.78 is 28.4. The molecule has 28 heavy (non-hydrogen) atoms. The second-order valence-corrected chi connectivity index (χ2v) is 6.88. The van der Waals surface area contributed by atoms with E-state index in [-0.39, 0.29) is 11.1 Å². The summed E-state index contributed by atoms with van der Waals surface area (Å²) >= 11 is 0. The second-order valence-electron chi connectivity index (χ2n) is 6.88. The molecule has 142 valence electrons. The van der Waals surface area contributed by atoms with Crippen molar-refractivity contribution in [3.63, 3.8) is 0 Å². The number of carbonyl (C=O) groups excluding carboxylic acids is 1. The molecule has 4 nitrogen and oxygen atoms in total. The number of fused-ring (bicyclic) bond motifs is 2. The monoisotopic (exact) mass is 380 g/mol. The number of quaternary nitrogens is 1. The van der Waals surface area contributed by atoms with Crippen LogP contribution in [0.5, 0.6) is 0 Å². The molecule has 0 fully saturated rings. The maximum Gasteiger partial charge on any atom is 0.133 e. The Morgan fingerprint density at radius 3 is 2.54 bits per heavy atom. The van der Waals surface area contributed by atoms with Gasteiger partial charge in [-0.25, -0.2) is 13.8 Å². The van der Waals surface area contributed by atoms with Crippen LogP contribution in [0.3, 0.4) is 0 Å². The number of hydrogen-bond donors (Lipinski definition) is 1. The van der Waals surface area contributed by atoms with Crippen LogP contribution in [0.4, 0.5) is 8.78 Å². The summed E-state index contributed by atoms with van der Waals surface area (Å²) in [7, 11) is 0. The van der Waals surface area contributed by atoms with Gasteiger partial charge in [-0.15, -0.1) is 0 Å². The number of carboxylic acids is 1. The maximum atomic E-state index is 14.2. The lowest BCUT2D eigenvalue weighted by molar-refractivity contribution is -0.905. The van der Waals surface area contributed by atoms with Gasteiger partial charge in [0.05, 0.1) is 23.7 Å². The van der Waals surface area contributed by atoms with Gasteiger partial charge in [0.2, 0.25) is 0 Å². The highest BCUT2D eigenvalue weighted by Gasteiger charge is 2.28. The summed E-state index contributed by atoms with van der Waals surface area (Å²) in [4.78, 5) is 17.7. The molecular weight excluding hydrogens is 362 g/mol. The van der Waals surface area contributed by atoms with E-state index >= 15 is 0 Å². The van der Waals surface area contributed by atoms with E-state index in [2.05, 4.69) is 4.98 Å². The minimum Gasteiger partial charge on any atom is -0.545 e. The van der Waals surface area contributed by atoms with Gasteiger partial charge in [-0.05, 0) is 31.2 Å². The van der Waals surface area contributed by atoms with E-state index in [9.17, 15) is 18.7 Å². The molecule has 1 aromatic heterocycles. The SMILES string of the molecule is CC[NH+]1C/C(=C\c2c(F)cccc2F)c2nc3ccccc3c(C(=O)[O-])c2C1. The third-order valence-electron chi connectivity index (χ3n) is 5.19. The molecule has 2 heterocycles. The molecule has 0 bridgehead atoms. The van der Waals surface area contributed by atoms with Crippen molar-refractivity contribution in [2.45, 2.75) is 13.5 Å². The average Bonchev–Trinajstić information content (AvgIpc) is 2.68. The standard InChI is InChI=1S/C22H18F2N2O2/c1-2-26-11-13(10-15-17(23)7-5-8-18(15)24)21-16(12-26)20(22(27)28)14-6-3-4-9-19(14)25-21/h3-10H,2,11-12H2,1H3,(H,27,28)/b13-10+. The number of nitrogens with zero attached hydrogens (tertiary/aromatic N) is 1. The van der Waals surface area contributed by atoms with Gasteiger partial charge in [0, 0.05) is 27.6 Å². The highest BCUT2D eigenvalue weighted by atomic mass is 19.1. The first-order valence-corrected chi connectivity index (χ1v) is 9.11. The first kappa shape index (κ1) is 18.3. The predicted molar refractivity (Wildman–Crippen MR) is 100 cm³/mol. The van der Waals surface area contributed by atoms with E-state index in [4.69, 9.17) is 0 Å². The zero-order valence-corrected chi connectivity index (χ0v) is 15.3. The quantitative estimate of drug-likeness (QED) is 0.754. The van der Waals surface area contributed by atoms with Crippen molar-refractivity contribution in [3.05, 3.63) is 76.5 Å². The summed E-state index contributed by atoms with van der Waals surface area (Å²) in [5, 5.41) is 12.5. The zero-order chi connectivity index (χ0) is 19.8. The molecule has 0 saturated carbocycles. The Balaban J connectivity index is 2.02. The minimum atomic E-state index is -1.27. The van der Waals surface area contributed by atoms with Gasteiger partial charge in [-0.3, -0.25) is 0 Å². The summed E-state index contributed by atoms with van der Waals surface area (Å²) in [5.41, 5.74) is 2.09. The Kier molecular flexibility index (Phi) is 4.65. The summed E-state index contributed by atoms with van der Waals surface area (Å²) in [6.45, 7) is 3.67. The fourth-order valence-corrected chi connectivity index (χ4v) is 3.78. The van der Waals surface area contributed by atoms with Gasteiger partial charge in [-0.2, -0.15) is 0 Å². The van der Waals surface area contributed by atoms with Gasteiger partial charge in [-0.1, -0.05) is 24.3 Å². The number of para-hydroxylation sites is 1. The molecule has 3 aromatic rings. The second kappa shape index (κ2) is 7.13. The van der Waals surface area contributed by atoms with Crippen molar-refractivity contribution in [2.75, 3.05) is 13.1 Å². The zero-order valence-electron chi connectivity index (χ0n) is 15.3. The van der Waals surface area contributed by atoms with E-state index in [1.54, 1.807) is 24.3 Å². The lowest BCUT2D eigenvalue weighted by Crippen LogP contribution is -3.11. The van der Waals surface area contributed by atoms with E-state index < -0.39 is 17.6 Å². The van der Waals surface area contributed by atoms with Crippen LogP contribution in [0.2, 0.25) is 0 Å². The minimum absolute atomic E-state index is 0.103. The Hall–Kier alpha value is -3.12. The van der Waals surface area contributed by atoms with Crippen molar-refractivity contribution in [2.24, 2.45) is 0 Å². The van der Waals surface area contributed by atoms with Crippen molar-refractivity contribution < 1.29 is 23.6 Å². The van der Waals surface area contributed by atoms with Gasteiger partial charge in [0.1, 0.15) is 24.7 Å². The average molecular weight is 380 g/mol. The summed E-state index contributed by atoms with van der Waals surface area (Å²) in [5.74, 6) is -2.61. The van der Waals surface area contributed by atoms with Crippen LogP contribution in [0.15, 0.2) is 42.5 Å². The lowest BCUT2D eigenvalue weighted by Gasteiger charge is -2.29. The first-order chi connectivity index (χ1) is 13.5. The fraction of sp³-hybridized carbons (Fsp3) is 0.182. The molecule has 0 aliphatic carbocycles. The number of nitrogens with one attached hydrogen (secondary N) is 1. The molecule has 1 aliphatic rings. The van der Waals surface area contributed by atoms with Gasteiger partial charge in [0.25, 0.3) is 0 Å². The number of likely N-dealkylation sites (N-methyl/N-ethyl adjacent to an activating group) is 1. The molecule has 4 rings (SSSR count). The van der Waals surface area contributed by atoms with Gasteiger partial charge >= 0.3 is 0 Å². The molecule has 1 atom stereocenters. The Morgan fingerprint density at radius 1 is 1.14 bits per heavy atom. The van der Waals surface area contributed by atoms with Gasteiger partial charge in [0.15, 0.2) is 0 Å². The van der Waals surface area contributed by atoms with Gasteiger partial charge < -0.3 is 14.8 Å². The van der Waals surface area contributed by atoms with E-state index in [1.807, 2.05) is 6.92 Å². The molecule has 0 radical (unpaired) electrons. The normalized spacial score (nSPS) is 17.7. The predicted octanol–water partition coefficient (Wildman–Crippen LogP) is 1.84. The third-order valence-corrected chi connectivity index (χ3v) is 5.19. The van der Waals surface area contributed by atoms with Crippen LogP contribution in [0.25, 0.3) is 22.6 Å². The number of benzene rings is 2. The number of carboxylic acid groups (broad SMARTS) is 1. The molecular formula is C22H18F2N2O2.